The summed E-state index contributed by atoms with van der Waals surface area (Å²) in [7, 11) is 0. The van der Waals surface area contributed by atoms with Crippen LogP contribution >= 0.6 is 11.3 Å². The number of benzene rings is 8. The minimum absolute atomic E-state index is 0.194. The fourth-order valence-corrected chi connectivity index (χ4v) is 10.0. The van der Waals surface area contributed by atoms with Gasteiger partial charge in [-0.3, -0.25) is 0 Å². The van der Waals surface area contributed by atoms with Gasteiger partial charge in [-0.25, -0.2) is 0 Å². The Morgan fingerprint density at radius 2 is 1.20 bits per heavy atom. The van der Waals surface area contributed by atoms with Crippen molar-refractivity contribution < 1.29 is 4.42 Å². The predicted molar refractivity (Wildman–Crippen MR) is 230 cm³/mol. The molecule has 54 heavy (non-hydrogen) atoms. The molecule has 10 aromatic rings. The first-order chi connectivity index (χ1) is 26.5. The molecule has 8 aromatic carbocycles. The summed E-state index contributed by atoms with van der Waals surface area (Å²) in [6.07, 6.45) is 0. The third-order valence-electron chi connectivity index (χ3n) is 11.4. The summed E-state index contributed by atoms with van der Waals surface area (Å²) in [6.45, 7) is 4.75. The van der Waals surface area contributed by atoms with E-state index in [4.69, 9.17) is 4.42 Å². The lowest BCUT2D eigenvalue weighted by atomic mass is 9.81. The van der Waals surface area contributed by atoms with Crippen LogP contribution in [0.3, 0.4) is 0 Å². The molecule has 2 heterocycles. The van der Waals surface area contributed by atoms with Gasteiger partial charge in [0.05, 0.1) is 5.69 Å². The number of para-hydroxylation sites is 2. The predicted octanol–water partition coefficient (Wildman–Crippen LogP) is 15.1. The summed E-state index contributed by atoms with van der Waals surface area (Å²) >= 11 is 1.87. The first-order valence-electron chi connectivity index (χ1n) is 18.6. The molecule has 0 radical (unpaired) electrons. The summed E-state index contributed by atoms with van der Waals surface area (Å²) in [5, 5.41) is 4.83. The first-order valence-corrected chi connectivity index (χ1v) is 19.4. The second-order valence-corrected chi connectivity index (χ2v) is 16.0. The molecule has 0 spiro atoms. The molecular weight excluding hydrogens is 675 g/mol. The Labute approximate surface area is 318 Å². The maximum Gasteiger partial charge on any atom is 0.135 e. The van der Waals surface area contributed by atoms with Crippen molar-refractivity contribution in [2.24, 2.45) is 0 Å². The second kappa shape index (κ2) is 11.8. The largest absolute Gasteiger partial charge is 0.456 e. The Hall–Kier alpha value is -6.42. The van der Waals surface area contributed by atoms with E-state index >= 15 is 0 Å². The molecule has 0 aliphatic heterocycles. The number of rotatable bonds is 5. The van der Waals surface area contributed by atoms with Crippen LogP contribution in [0.2, 0.25) is 0 Å². The molecule has 0 amide bonds. The normalized spacial score (nSPS) is 13.1. The van der Waals surface area contributed by atoms with Crippen LogP contribution in [-0.2, 0) is 5.41 Å². The molecule has 0 fully saturated rings. The Balaban J connectivity index is 1.19. The molecule has 11 rings (SSSR count). The van der Waals surface area contributed by atoms with Crippen molar-refractivity contribution in [2.45, 2.75) is 19.3 Å². The average Bonchev–Trinajstić information content (AvgIpc) is 3.86. The lowest BCUT2D eigenvalue weighted by Gasteiger charge is -2.30. The van der Waals surface area contributed by atoms with Crippen LogP contribution in [0.25, 0.3) is 75.5 Å². The van der Waals surface area contributed by atoms with E-state index in [9.17, 15) is 0 Å². The minimum atomic E-state index is -0.194. The van der Waals surface area contributed by atoms with Crippen molar-refractivity contribution in [3.63, 3.8) is 0 Å². The summed E-state index contributed by atoms with van der Waals surface area (Å²) < 4.78 is 8.86. The fraction of sp³-hybridized carbons (Fsp3) is 0.0588. The molecule has 3 heteroatoms. The van der Waals surface area contributed by atoms with E-state index < -0.39 is 0 Å². The van der Waals surface area contributed by atoms with Crippen LogP contribution in [0.4, 0.5) is 17.1 Å². The van der Waals surface area contributed by atoms with Gasteiger partial charge >= 0.3 is 0 Å². The van der Waals surface area contributed by atoms with Gasteiger partial charge < -0.3 is 9.32 Å². The number of nitrogens with zero attached hydrogens (tertiary/aromatic N) is 1. The van der Waals surface area contributed by atoms with Crippen molar-refractivity contribution in [1.29, 1.82) is 0 Å². The zero-order valence-corrected chi connectivity index (χ0v) is 30.8. The van der Waals surface area contributed by atoms with Gasteiger partial charge in [0.2, 0.25) is 0 Å². The highest BCUT2D eigenvalue weighted by Gasteiger charge is 2.38. The van der Waals surface area contributed by atoms with E-state index in [0.717, 1.165) is 33.3 Å². The maximum absolute atomic E-state index is 6.30. The lowest BCUT2D eigenvalue weighted by Crippen LogP contribution is -2.17. The molecule has 256 valence electrons. The van der Waals surface area contributed by atoms with Crippen molar-refractivity contribution in [3.8, 4) is 33.4 Å². The van der Waals surface area contributed by atoms with E-state index in [2.05, 4.69) is 189 Å². The van der Waals surface area contributed by atoms with Gasteiger partial charge in [-0.2, -0.15) is 0 Å². The van der Waals surface area contributed by atoms with Crippen LogP contribution in [0.5, 0.6) is 0 Å². The van der Waals surface area contributed by atoms with Crippen molar-refractivity contribution in [2.75, 3.05) is 4.90 Å². The molecular formula is C51H35NOS. The molecule has 0 saturated heterocycles. The first kappa shape index (κ1) is 31.1. The van der Waals surface area contributed by atoms with E-state index in [-0.39, 0.29) is 5.41 Å². The maximum atomic E-state index is 6.30. The molecule has 2 nitrogen and oxygen atoms in total. The summed E-state index contributed by atoms with van der Waals surface area (Å²) in [6, 6.07) is 64.2. The van der Waals surface area contributed by atoms with Gasteiger partial charge in [-0.15, -0.1) is 11.3 Å². The van der Waals surface area contributed by atoms with Gasteiger partial charge in [0, 0.05) is 47.7 Å². The van der Waals surface area contributed by atoms with Gasteiger partial charge in [0.25, 0.3) is 0 Å². The number of hydrogen-bond acceptors (Lipinski definition) is 3. The zero-order chi connectivity index (χ0) is 36.0. The topological polar surface area (TPSA) is 16.4 Å². The van der Waals surface area contributed by atoms with Crippen molar-refractivity contribution in [3.05, 3.63) is 187 Å². The molecule has 0 atom stereocenters. The molecule has 0 saturated carbocycles. The third-order valence-corrected chi connectivity index (χ3v) is 12.6. The van der Waals surface area contributed by atoms with Crippen LogP contribution in [0.1, 0.15) is 25.0 Å². The molecule has 0 bridgehead atoms. The monoisotopic (exact) mass is 709 g/mol. The van der Waals surface area contributed by atoms with Crippen LogP contribution < -0.4 is 4.90 Å². The summed E-state index contributed by atoms with van der Waals surface area (Å²) in [5.74, 6) is 0. The molecule has 0 N–H and O–H groups in total. The van der Waals surface area contributed by atoms with E-state index in [1.165, 1.54) is 70.4 Å². The molecule has 1 aliphatic carbocycles. The van der Waals surface area contributed by atoms with Crippen LogP contribution in [0.15, 0.2) is 180 Å². The average molecular weight is 710 g/mol. The van der Waals surface area contributed by atoms with Gasteiger partial charge in [-0.1, -0.05) is 129 Å². The highest BCUT2D eigenvalue weighted by molar-refractivity contribution is 7.26. The number of fused-ring (bicyclic) bond motifs is 9. The summed E-state index contributed by atoms with van der Waals surface area (Å²) in [5.41, 5.74) is 15.3. The summed E-state index contributed by atoms with van der Waals surface area (Å²) in [4.78, 5) is 2.48. The lowest BCUT2D eigenvalue weighted by molar-refractivity contribution is 0.660. The number of hydrogen-bond donors (Lipinski definition) is 0. The van der Waals surface area contributed by atoms with E-state index in [0.29, 0.717) is 0 Å². The Morgan fingerprint density at radius 1 is 0.463 bits per heavy atom. The highest BCUT2D eigenvalue weighted by atomic mass is 32.1. The van der Waals surface area contributed by atoms with Gasteiger partial charge in [0.1, 0.15) is 11.2 Å². The van der Waals surface area contributed by atoms with E-state index in [1.54, 1.807) is 0 Å². The zero-order valence-electron chi connectivity index (χ0n) is 30.0. The number of anilines is 3. The quantitative estimate of drug-likeness (QED) is 0.177. The number of furan rings is 1. The SMILES string of the molecule is CC1(C)c2ccccc2-c2c(-c3ccc4oc5ccccc5c4c3)cc(N(c3ccccc3)c3cccc4sc5cc(-c6ccccc6)ccc5c34)cc21. The standard InChI is InChI=1S/C51H35NOS/c1-51(2)42-20-11-9-19-38(42)49-40(34-25-27-46-41(28-34)37-18-10-12-22-45(37)53-46)30-36(31-43(49)51)52(35-16-7-4-8-17-35)44-21-13-23-47-50(44)39-26-24-33(29-48(39)54-47)32-14-5-3-6-15-32/h3-31H,1-2H3. The fourth-order valence-electron chi connectivity index (χ4n) is 8.86. The second-order valence-electron chi connectivity index (χ2n) is 14.9. The Morgan fingerprint density at radius 3 is 2.07 bits per heavy atom. The van der Waals surface area contributed by atoms with E-state index in [1.807, 2.05) is 17.4 Å². The smallest absolute Gasteiger partial charge is 0.135 e. The van der Waals surface area contributed by atoms with Gasteiger partial charge in [-0.05, 0) is 105 Å². The molecule has 0 unspecified atom stereocenters. The molecule has 2 aromatic heterocycles. The Kier molecular flexibility index (Phi) is 6.80. The minimum Gasteiger partial charge on any atom is -0.456 e. The number of thiophene rings is 1. The third kappa shape index (κ3) is 4.65. The Bertz CT molecular complexity index is 3080. The van der Waals surface area contributed by atoms with Crippen LogP contribution in [0, 0.1) is 0 Å². The van der Waals surface area contributed by atoms with Crippen LogP contribution in [-0.4, -0.2) is 0 Å². The highest BCUT2D eigenvalue weighted by Crippen LogP contribution is 2.55. The van der Waals surface area contributed by atoms with Gasteiger partial charge in [0.15, 0.2) is 0 Å². The molecule has 1 aliphatic rings. The van der Waals surface area contributed by atoms with Crippen molar-refractivity contribution >= 4 is 70.5 Å². The van der Waals surface area contributed by atoms with Crippen molar-refractivity contribution in [1.82, 2.24) is 0 Å².